The van der Waals surface area contributed by atoms with Crippen molar-refractivity contribution in [3.05, 3.63) is 47.0 Å². The molecule has 4 heteroatoms. The van der Waals surface area contributed by atoms with Crippen LogP contribution in [0.3, 0.4) is 0 Å². The highest BCUT2D eigenvalue weighted by Crippen LogP contribution is 2.48. The van der Waals surface area contributed by atoms with Gasteiger partial charge in [-0.15, -0.1) is 0 Å². The molecule has 2 aliphatic rings. The van der Waals surface area contributed by atoms with Crippen LogP contribution < -0.4 is 0 Å². The fraction of sp³-hybridized carbons (Fsp3) is 0.577. The van der Waals surface area contributed by atoms with Gasteiger partial charge in [0.25, 0.3) is 0 Å². The van der Waals surface area contributed by atoms with Crippen LogP contribution in [-0.2, 0) is 4.74 Å². The zero-order chi connectivity index (χ0) is 21.3. The van der Waals surface area contributed by atoms with E-state index < -0.39 is 17.6 Å². The average Bonchev–Trinajstić information content (AvgIpc) is 2.76. The first-order valence-corrected chi connectivity index (χ1v) is 11.5. The molecule has 0 bridgehead atoms. The predicted molar refractivity (Wildman–Crippen MR) is 116 cm³/mol. The van der Waals surface area contributed by atoms with Gasteiger partial charge >= 0.3 is 5.97 Å². The number of benzene rings is 2. The summed E-state index contributed by atoms with van der Waals surface area (Å²) in [6, 6.07) is 6.42. The van der Waals surface area contributed by atoms with E-state index in [0.29, 0.717) is 11.3 Å². The first kappa shape index (κ1) is 21.3. The van der Waals surface area contributed by atoms with E-state index >= 15 is 0 Å². The molecule has 0 spiro atoms. The first-order valence-electron chi connectivity index (χ1n) is 11.5. The van der Waals surface area contributed by atoms with Crippen LogP contribution in [0.4, 0.5) is 8.78 Å². The van der Waals surface area contributed by atoms with Crippen molar-refractivity contribution in [2.45, 2.75) is 70.6 Å². The van der Waals surface area contributed by atoms with E-state index in [1.165, 1.54) is 64.2 Å². The molecule has 4 atom stereocenters. The van der Waals surface area contributed by atoms with Gasteiger partial charge in [-0.1, -0.05) is 44.7 Å². The Morgan fingerprint density at radius 1 is 1.07 bits per heavy atom. The summed E-state index contributed by atoms with van der Waals surface area (Å²) in [4.78, 5) is 11.7. The molecule has 2 fully saturated rings. The van der Waals surface area contributed by atoms with Crippen LogP contribution in [0.1, 0.15) is 86.6 Å². The number of hydrogen-bond acceptors (Lipinski definition) is 2. The second-order valence-corrected chi connectivity index (χ2v) is 9.37. The number of rotatable bonds is 5. The summed E-state index contributed by atoms with van der Waals surface area (Å²) in [7, 11) is 1.19. The van der Waals surface area contributed by atoms with Crippen molar-refractivity contribution in [3.8, 4) is 0 Å². The van der Waals surface area contributed by atoms with Crippen LogP contribution >= 0.6 is 0 Å². The Balaban J connectivity index is 1.53. The van der Waals surface area contributed by atoms with E-state index in [9.17, 15) is 13.6 Å². The van der Waals surface area contributed by atoms with Crippen molar-refractivity contribution < 1.29 is 18.3 Å². The summed E-state index contributed by atoms with van der Waals surface area (Å²) in [6.07, 6.45) is 11.4. The summed E-state index contributed by atoms with van der Waals surface area (Å²) in [6.45, 7) is 2.27. The Morgan fingerprint density at radius 3 is 2.60 bits per heavy atom. The van der Waals surface area contributed by atoms with Crippen molar-refractivity contribution in [1.82, 2.24) is 0 Å². The molecule has 2 aromatic carbocycles. The number of unbranched alkanes of at least 4 members (excludes halogenated alkanes) is 1. The maximum Gasteiger partial charge on any atom is 0.340 e. The topological polar surface area (TPSA) is 26.3 Å². The molecule has 162 valence electrons. The first-order chi connectivity index (χ1) is 14.5. The quantitative estimate of drug-likeness (QED) is 0.477. The molecule has 0 heterocycles. The van der Waals surface area contributed by atoms with Gasteiger partial charge < -0.3 is 4.74 Å². The molecule has 2 aromatic rings. The second kappa shape index (κ2) is 9.03. The third-order valence-electron chi connectivity index (χ3n) is 7.59. The number of hydrogen-bond donors (Lipinski definition) is 0. The summed E-state index contributed by atoms with van der Waals surface area (Å²) < 4.78 is 34.3. The Kier molecular flexibility index (Phi) is 6.40. The van der Waals surface area contributed by atoms with Crippen LogP contribution in [0.25, 0.3) is 10.8 Å². The zero-order valence-corrected chi connectivity index (χ0v) is 18.1. The molecule has 0 aliphatic heterocycles. The van der Waals surface area contributed by atoms with Crippen LogP contribution in [0.5, 0.6) is 0 Å². The van der Waals surface area contributed by atoms with Crippen LogP contribution in [0.2, 0.25) is 0 Å². The standard InChI is InChI=1S/C26H32F2O2/c1-3-4-5-16-6-7-18-13-19(9-8-17(18)12-16)21-14-20-10-11-22(26(29)30-2)25(28)24(20)23(27)15-21/h10-11,14-19H,3-9,12-13H2,1-2H3/t16?,17-,18+,19?/m0/s1. The number of halogens is 2. The van der Waals surface area contributed by atoms with E-state index in [2.05, 4.69) is 11.7 Å². The van der Waals surface area contributed by atoms with E-state index in [-0.39, 0.29) is 10.9 Å². The van der Waals surface area contributed by atoms with Crippen molar-refractivity contribution in [1.29, 1.82) is 0 Å². The van der Waals surface area contributed by atoms with E-state index in [1.807, 2.05) is 6.07 Å². The fourth-order valence-electron chi connectivity index (χ4n) is 5.94. The molecule has 2 unspecified atom stereocenters. The highest BCUT2D eigenvalue weighted by atomic mass is 19.1. The smallest absolute Gasteiger partial charge is 0.340 e. The normalized spacial score (nSPS) is 26.4. The third kappa shape index (κ3) is 4.10. The minimum Gasteiger partial charge on any atom is -0.465 e. The number of carbonyl (C=O) groups excluding carboxylic acids is 1. The lowest BCUT2D eigenvalue weighted by Crippen LogP contribution is -2.30. The largest absolute Gasteiger partial charge is 0.465 e. The summed E-state index contributed by atoms with van der Waals surface area (Å²) >= 11 is 0. The highest BCUT2D eigenvalue weighted by Gasteiger charge is 2.36. The molecule has 0 radical (unpaired) electrons. The van der Waals surface area contributed by atoms with Gasteiger partial charge in [-0.3, -0.25) is 0 Å². The minimum atomic E-state index is -0.836. The van der Waals surface area contributed by atoms with Gasteiger partial charge in [0, 0.05) is 0 Å². The Labute approximate surface area is 178 Å². The van der Waals surface area contributed by atoms with E-state index in [4.69, 9.17) is 0 Å². The maximum absolute atomic E-state index is 14.9. The molecule has 0 N–H and O–H groups in total. The van der Waals surface area contributed by atoms with Gasteiger partial charge in [0.2, 0.25) is 0 Å². The third-order valence-corrected chi connectivity index (χ3v) is 7.59. The number of fused-ring (bicyclic) bond motifs is 2. The molecular formula is C26H32F2O2. The van der Waals surface area contributed by atoms with Gasteiger partial charge in [0.1, 0.15) is 11.6 Å². The molecule has 2 aliphatic carbocycles. The fourth-order valence-corrected chi connectivity index (χ4v) is 5.94. The summed E-state index contributed by atoms with van der Waals surface area (Å²) in [5.41, 5.74) is 0.744. The second-order valence-electron chi connectivity index (χ2n) is 9.37. The Bertz CT molecular complexity index is 923. The number of esters is 1. The number of carbonyl (C=O) groups is 1. The minimum absolute atomic E-state index is 0.119. The van der Waals surface area contributed by atoms with Crippen molar-refractivity contribution in [3.63, 3.8) is 0 Å². The van der Waals surface area contributed by atoms with Crippen molar-refractivity contribution >= 4 is 16.7 Å². The summed E-state index contributed by atoms with van der Waals surface area (Å²) in [5.74, 6) is 0.578. The highest BCUT2D eigenvalue weighted by molar-refractivity contribution is 5.96. The van der Waals surface area contributed by atoms with Gasteiger partial charge in [-0.05, 0) is 78.9 Å². The van der Waals surface area contributed by atoms with E-state index in [1.54, 1.807) is 6.07 Å². The van der Waals surface area contributed by atoms with Gasteiger partial charge in [-0.25, -0.2) is 13.6 Å². The SMILES string of the molecule is CCCCC1CC[C@@H]2CC(c3cc(F)c4c(F)c(C(=O)OC)ccc4c3)CC[C@H]2C1. The zero-order valence-electron chi connectivity index (χ0n) is 18.1. The lowest BCUT2D eigenvalue weighted by molar-refractivity contribution is 0.0596. The lowest BCUT2D eigenvalue weighted by Gasteiger charge is -2.42. The number of ether oxygens (including phenoxy) is 1. The van der Waals surface area contributed by atoms with Crippen molar-refractivity contribution in [2.24, 2.45) is 17.8 Å². The molecule has 2 nitrogen and oxygen atoms in total. The van der Waals surface area contributed by atoms with Gasteiger partial charge in [0.15, 0.2) is 0 Å². The molecule has 4 rings (SSSR count). The molecule has 30 heavy (non-hydrogen) atoms. The van der Waals surface area contributed by atoms with Crippen LogP contribution in [-0.4, -0.2) is 13.1 Å². The van der Waals surface area contributed by atoms with E-state index in [0.717, 1.165) is 36.2 Å². The molecule has 0 aromatic heterocycles. The van der Waals surface area contributed by atoms with Crippen molar-refractivity contribution in [2.75, 3.05) is 7.11 Å². The van der Waals surface area contributed by atoms with Crippen LogP contribution in [0.15, 0.2) is 24.3 Å². The molecule has 2 saturated carbocycles. The van der Waals surface area contributed by atoms with Crippen LogP contribution in [0, 0.1) is 29.4 Å². The Morgan fingerprint density at radius 2 is 1.83 bits per heavy atom. The van der Waals surface area contributed by atoms with Gasteiger partial charge in [-0.2, -0.15) is 0 Å². The monoisotopic (exact) mass is 414 g/mol. The predicted octanol–water partition coefficient (Wildman–Crippen LogP) is 7.39. The molecular weight excluding hydrogens is 382 g/mol. The summed E-state index contributed by atoms with van der Waals surface area (Å²) in [5, 5.41) is 0.396. The maximum atomic E-state index is 14.9. The molecule has 0 saturated heterocycles. The Hall–Kier alpha value is -1.97. The molecule has 0 amide bonds. The lowest BCUT2D eigenvalue weighted by atomic mass is 9.63. The average molecular weight is 415 g/mol. The van der Waals surface area contributed by atoms with Gasteiger partial charge in [0.05, 0.1) is 18.1 Å². The number of methoxy groups -OCH3 is 1.